The molecule has 1 N–H and O–H groups in total. The Bertz CT molecular complexity index is 112. The molecule has 0 aliphatic heterocycles. The maximum atomic E-state index is 9.75. The third-order valence-electron chi connectivity index (χ3n) is 2.87. The van der Waals surface area contributed by atoms with Crippen molar-refractivity contribution in [3.8, 4) is 0 Å². The Balaban J connectivity index is 3.35. The molecule has 14 heavy (non-hydrogen) atoms. The molecule has 0 aromatic heterocycles. The summed E-state index contributed by atoms with van der Waals surface area (Å²) in [4.78, 5) is 0. The highest BCUT2D eigenvalue weighted by Crippen LogP contribution is 2.17. The second kappa shape index (κ2) is 9.51. The number of hydrogen-bond donors (Lipinski definition) is 1. The summed E-state index contributed by atoms with van der Waals surface area (Å²) in [5, 5.41) is 9.75. The van der Waals surface area contributed by atoms with Crippen LogP contribution in [0.15, 0.2) is 0 Å². The molecule has 2 unspecified atom stereocenters. The average Bonchev–Trinajstić information content (AvgIpc) is 2.15. The van der Waals surface area contributed by atoms with E-state index >= 15 is 0 Å². The van der Waals surface area contributed by atoms with E-state index in [4.69, 9.17) is 0 Å². The molecule has 0 saturated carbocycles. The molecule has 0 aliphatic rings. The maximum absolute atomic E-state index is 9.75. The van der Waals surface area contributed by atoms with Gasteiger partial charge in [-0.3, -0.25) is 0 Å². The van der Waals surface area contributed by atoms with E-state index < -0.39 is 0 Å². The largest absolute Gasteiger partial charge is 0.393 e. The molecule has 1 heteroatoms. The summed E-state index contributed by atoms with van der Waals surface area (Å²) in [5.41, 5.74) is 0. The zero-order chi connectivity index (χ0) is 10.8. The minimum Gasteiger partial charge on any atom is -0.393 e. The zero-order valence-electron chi connectivity index (χ0n) is 10.3. The SMILES string of the molecule is CCCCCC(O)CC(C)CCCC. The van der Waals surface area contributed by atoms with Crippen LogP contribution in [-0.4, -0.2) is 11.2 Å². The Hall–Kier alpha value is -0.0400. The van der Waals surface area contributed by atoms with Crippen LogP contribution in [0.3, 0.4) is 0 Å². The average molecular weight is 200 g/mol. The van der Waals surface area contributed by atoms with E-state index in [9.17, 15) is 5.11 Å². The van der Waals surface area contributed by atoms with Gasteiger partial charge in [-0.15, -0.1) is 0 Å². The molecule has 0 spiro atoms. The van der Waals surface area contributed by atoms with Crippen molar-refractivity contribution in [3.63, 3.8) is 0 Å². The fraction of sp³-hybridized carbons (Fsp3) is 1.00. The topological polar surface area (TPSA) is 20.2 Å². The van der Waals surface area contributed by atoms with Crippen molar-refractivity contribution in [1.29, 1.82) is 0 Å². The third kappa shape index (κ3) is 8.55. The van der Waals surface area contributed by atoms with Gasteiger partial charge < -0.3 is 5.11 Å². The Morgan fingerprint density at radius 1 is 0.929 bits per heavy atom. The molecular formula is C13H28O. The third-order valence-corrected chi connectivity index (χ3v) is 2.87. The summed E-state index contributed by atoms with van der Waals surface area (Å²) in [7, 11) is 0. The summed E-state index contributed by atoms with van der Waals surface area (Å²) >= 11 is 0. The van der Waals surface area contributed by atoms with E-state index in [1.165, 1.54) is 38.5 Å². The highest BCUT2D eigenvalue weighted by Gasteiger charge is 2.09. The van der Waals surface area contributed by atoms with Crippen LogP contribution in [0.2, 0.25) is 0 Å². The van der Waals surface area contributed by atoms with Crippen molar-refractivity contribution in [2.75, 3.05) is 0 Å². The lowest BCUT2D eigenvalue weighted by atomic mass is 9.95. The van der Waals surface area contributed by atoms with Crippen LogP contribution in [0, 0.1) is 5.92 Å². The van der Waals surface area contributed by atoms with Crippen molar-refractivity contribution < 1.29 is 5.11 Å². The lowest BCUT2D eigenvalue weighted by Crippen LogP contribution is -2.11. The van der Waals surface area contributed by atoms with Gasteiger partial charge in [0.2, 0.25) is 0 Å². The molecule has 2 atom stereocenters. The molecule has 0 aromatic rings. The van der Waals surface area contributed by atoms with E-state index in [-0.39, 0.29) is 6.10 Å². The normalized spacial score (nSPS) is 15.4. The standard InChI is InChI=1S/C13H28O/c1-4-6-8-10-13(14)11-12(3)9-7-5-2/h12-14H,4-11H2,1-3H3. The Kier molecular flexibility index (Phi) is 9.49. The van der Waals surface area contributed by atoms with Gasteiger partial charge in [0.25, 0.3) is 0 Å². The Morgan fingerprint density at radius 2 is 1.57 bits per heavy atom. The second-order valence-corrected chi connectivity index (χ2v) is 4.63. The van der Waals surface area contributed by atoms with Crippen LogP contribution in [0.5, 0.6) is 0 Å². The minimum absolute atomic E-state index is 0.0478. The quantitative estimate of drug-likeness (QED) is 0.554. The van der Waals surface area contributed by atoms with Crippen LogP contribution >= 0.6 is 0 Å². The van der Waals surface area contributed by atoms with Crippen LogP contribution < -0.4 is 0 Å². The first-order valence-electron chi connectivity index (χ1n) is 6.38. The number of rotatable bonds is 9. The molecule has 0 saturated heterocycles. The first-order valence-corrected chi connectivity index (χ1v) is 6.38. The van der Waals surface area contributed by atoms with E-state index in [1.54, 1.807) is 0 Å². The van der Waals surface area contributed by atoms with Gasteiger partial charge in [-0.2, -0.15) is 0 Å². The van der Waals surface area contributed by atoms with Crippen LogP contribution in [0.4, 0.5) is 0 Å². The molecule has 0 aromatic carbocycles. The lowest BCUT2D eigenvalue weighted by Gasteiger charge is -2.15. The van der Waals surface area contributed by atoms with Crippen molar-refractivity contribution >= 4 is 0 Å². The van der Waals surface area contributed by atoms with E-state index in [0.29, 0.717) is 5.92 Å². The smallest absolute Gasteiger partial charge is 0.0542 e. The van der Waals surface area contributed by atoms with Crippen molar-refractivity contribution in [1.82, 2.24) is 0 Å². The predicted octanol–water partition coefficient (Wildman–Crippen LogP) is 4.14. The number of aliphatic hydroxyl groups excluding tert-OH is 1. The fourth-order valence-electron chi connectivity index (χ4n) is 1.88. The van der Waals surface area contributed by atoms with Crippen molar-refractivity contribution in [2.45, 2.75) is 78.2 Å². The lowest BCUT2D eigenvalue weighted by molar-refractivity contribution is 0.130. The molecule has 0 heterocycles. The summed E-state index contributed by atoms with van der Waals surface area (Å²) < 4.78 is 0. The minimum atomic E-state index is -0.0478. The zero-order valence-corrected chi connectivity index (χ0v) is 10.3. The van der Waals surface area contributed by atoms with Crippen LogP contribution in [0.1, 0.15) is 72.1 Å². The molecule has 0 aliphatic carbocycles. The number of unbranched alkanes of at least 4 members (excludes halogenated alkanes) is 3. The number of hydrogen-bond acceptors (Lipinski definition) is 1. The van der Waals surface area contributed by atoms with Gasteiger partial charge in [-0.1, -0.05) is 59.3 Å². The van der Waals surface area contributed by atoms with Crippen LogP contribution in [0.25, 0.3) is 0 Å². The van der Waals surface area contributed by atoms with E-state index in [2.05, 4.69) is 20.8 Å². The van der Waals surface area contributed by atoms with E-state index in [1.807, 2.05) is 0 Å². The number of aliphatic hydroxyl groups is 1. The highest BCUT2D eigenvalue weighted by atomic mass is 16.3. The highest BCUT2D eigenvalue weighted by molar-refractivity contribution is 4.62. The van der Waals surface area contributed by atoms with Gasteiger partial charge in [0, 0.05) is 0 Å². The van der Waals surface area contributed by atoms with Crippen molar-refractivity contribution in [3.05, 3.63) is 0 Å². The molecule has 0 fully saturated rings. The molecule has 0 rings (SSSR count). The molecule has 86 valence electrons. The maximum Gasteiger partial charge on any atom is 0.0542 e. The van der Waals surface area contributed by atoms with Gasteiger partial charge in [0.05, 0.1) is 6.10 Å². The van der Waals surface area contributed by atoms with Gasteiger partial charge >= 0.3 is 0 Å². The Morgan fingerprint density at radius 3 is 2.14 bits per heavy atom. The monoisotopic (exact) mass is 200 g/mol. The van der Waals surface area contributed by atoms with Gasteiger partial charge in [0.1, 0.15) is 0 Å². The second-order valence-electron chi connectivity index (χ2n) is 4.63. The summed E-state index contributed by atoms with van der Waals surface area (Å²) in [6.45, 7) is 6.69. The van der Waals surface area contributed by atoms with E-state index in [0.717, 1.165) is 12.8 Å². The molecule has 0 bridgehead atoms. The van der Waals surface area contributed by atoms with Crippen LogP contribution in [-0.2, 0) is 0 Å². The van der Waals surface area contributed by atoms with Gasteiger partial charge in [-0.25, -0.2) is 0 Å². The summed E-state index contributed by atoms with van der Waals surface area (Å²) in [5.74, 6) is 0.701. The van der Waals surface area contributed by atoms with Gasteiger partial charge in [0.15, 0.2) is 0 Å². The Labute approximate surface area is 89.9 Å². The fourth-order valence-corrected chi connectivity index (χ4v) is 1.88. The molecule has 1 nitrogen and oxygen atoms in total. The summed E-state index contributed by atoms with van der Waals surface area (Å²) in [6, 6.07) is 0. The first-order chi connectivity index (χ1) is 6.70. The molecule has 0 amide bonds. The predicted molar refractivity (Wildman–Crippen MR) is 63.5 cm³/mol. The van der Waals surface area contributed by atoms with Gasteiger partial charge in [-0.05, 0) is 18.8 Å². The first kappa shape index (κ1) is 14.0. The molecular weight excluding hydrogens is 172 g/mol. The van der Waals surface area contributed by atoms with Crippen molar-refractivity contribution in [2.24, 2.45) is 5.92 Å². The molecule has 0 radical (unpaired) electrons. The summed E-state index contributed by atoms with van der Waals surface area (Å²) in [6.07, 6.45) is 9.53.